The van der Waals surface area contributed by atoms with Gasteiger partial charge in [-0.2, -0.15) is 0 Å². The molecule has 1 N–H and O–H groups in total. The summed E-state index contributed by atoms with van der Waals surface area (Å²) in [6, 6.07) is 8.02. The highest BCUT2D eigenvalue weighted by Gasteiger charge is 2.24. The highest BCUT2D eigenvalue weighted by molar-refractivity contribution is 8.00. The number of aliphatic carboxylic acids is 1. The first-order valence-electron chi connectivity index (χ1n) is 4.25. The minimum atomic E-state index is -0.695. The van der Waals surface area contributed by atoms with E-state index in [1.54, 1.807) is 0 Å². The topological polar surface area (TPSA) is 37.3 Å². The molecule has 3 heteroatoms. The van der Waals surface area contributed by atoms with Crippen LogP contribution in [0.2, 0.25) is 0 Å². The fraction of sp³-hybridized carbons (Fsp3) is 0.300. The van der Waals surface area contributed by atoms with Crippen molar-refractivity contribution in [1.82, 2.24) is 0 Å². The molecule has 1 aliphatic heterocycles. The molecule has 68 valence electrons. The summed E-state index contributed by atoms with van der Waals surface area (Å²) in [5.74, 6) is -0.695. The Hall–Kier alpha value is -0.960. The predicted molar refractivity (Wildman–Crippen MR) is 52.0 cm³/mol. The van der Waals surface area contributed by atoms with Gasteiger partial charge in [-0.1, -0.05) is 18.2 Å². The summed E-state index contributed by atoms with van der Waals surface area (Å²) in [7, 11) is 0. The number of carbonyl (C=O) groups is 1. The number of hydrogen-bond donors (Lipinski definition) is 1. The highest BCUT2D eigenvalue weighted by atomic mass is 32.2. The van der Waals surface area contributed by atoms with Gasteiger partial charge in [0.15, 0.2) is 0 Å². The van der Waals surface area contributed by atoms with Crippen LogP contribution in [-0.2, 0) is 11.2 Å². The quantitative estimate of drug-likeness (QED) is 0.744. The summed E-state index contributed by atoms with van der Waals surface area (Å²) in [6.07, 6.45) is 1.64. The summed E-state index contributed by atoms with van der Waals surface area (Å²) in [5.41, 5.74) is 1.28. The van der Waals surface area contributed by atoms with Crippen molar-refractivity contribution in [3.8, 4) is 0 Å². The third-order valence-corrected chi connectivity index (χ3v) is 3.57. The molecule has 1 aromatic rings. The van der Waals surface area contributed by atoms with Gasteiger partial charge in [0.2, 0.25) is 0 Å². The largest absolute Gasteiger partial charge is 0.480 e. The third-order valence-electron chi connectivity index (χ3n) is 2.19. The average molecular weight is 194 g/mol. The Balaban J connectivity index is 2.24. The summed E-state index contributed by atoms with van der Waals surface area (Å²) in [6.45, 7) is 0. The lowest BCUT2D eigenvalue weighted by Gasteiger charge is -2.20. The van der Waals surface area contributed by atoms with Gasteiger partial charge in [-0.3, -0.25) is 4.79 Å². The number of carboxylic acid groups (broad SMARTS) is 1. The van der Waals surface area contributed by atoms with Crippen LogP contribution in [0.1, 0.15) is 12.0 Å². The molecule has 0 radical (unpaired) electrons. The van der Waals surface area contributed by atoms with Crippen LogP contribution in [0.15, 0.2) is 29.2 Å². The van der Waals surface area contributed by atoms with E-state index in [0.717, 1.165) is 17.7 Å². The van der Waals surface area contributed by atoms with Gasteiger partial charge >= 0.3 is 5.97 Å². The molecule has 1 atom stereocenters. The molecule has 0 saturated carbocycles. The van der Waals surface area contributed by atoms with Gasteiger partial charge in [0, 0.05) is 4.90 Å². The zero-order valence-corrected chi connectivity index (χ0v) is 7.88. The Labute approximate surface area is 81.0 Å². The summed E-state index contributed by atoms with van der Waals surface area (Å²) < 4.78 is 0. The lowest BCUT2D eigenvalue weighted by atomic mass is 10.1. The zero-order chi connectivity index (χ0) is 9.26. The Morgan fingerprint density at radius 3 is 3.00 bits per heavy atom. The number of aryl methyl sites for hydroxylation is 1. The smallest absolute Gasteiger partial charge is 0.316 e. The van der Waals surface area contributed by atoms with Crippen LogP contribution < -0.4 is 0 Å². The minimum absolute atomic E-state index is 0.255. The van der Waals surface area contributed by atoms with Crippen LogP contribution in [0.5, 0.6) is 0 Å². The van der Waals surface area contributed by atoms with Crippen molar-refractivity contribution in [2.24, 2.45) is 0 Å². The molecule has 0 spiro atoms. The van der Waals surface area contributed by atoms with Crippen LogP contribution >= 0.6 is 11.8 Å². The molecule has 0 aliphatic carbocycles. The molecule has 13 heavy (non-hydrogen) atoms. The van der Waals surface area contributed by atoms with E-state index < -0.39 is 5.97 Å². The number of fused-ring (bicyclic) bond motifs is 1. The second-order valence-electron chi connectivity index (χ2n) is 3.09. The number of hydrogen-bond acceptors (Lipinski definition) is 2. The Bertz CT molecular complexity index is 335. The summed E-state index contributed by atoms with van der Waals surface area (Å²) in [4.78, 5) is 11.9. The van der Waals surface area contributed by atoms with E-state index in [4.69, 9.17) is 5.11 Å². The molecule has 1 aromatic carbocycles. The van der Waals surface area contributed by atoms with E-state index in [2.05, 4.69) is 6.07 Å². The monoisotopic (exact) mass is 194 g/mol. The van der Waals surface area contributed by atoms with Gasteiger partial charge in [0.1, 0.15) is 5.25 Å². The molecule has 0 saturated heterocycles. The second-order valence-corrected chi connectivity index (χ2v) is 4.34. The lowest BCUT2D eigenvalue weighted by Crippen LogP contribution is -2.20. The Morgan fingerprint density at radius 1 is 1.46 bits per heavy atom. The van der Waals surface area contributed by atoms with E-state index in [1.165, 1.54) is 17.3 Å². The van der Waals surface area contributed by atoms with E-state index in [0.29, 0.717) is 0 Å². The number of benzene rings is 1. The SMILES string of the molecule is O=C(O)C1CCc2ccccc2S1. The highest BCUT2D eigenvalue weighted by Crippen LogP contribution is 2.34. The fourth-order valence-corrected chi connectivity index (χ4v) is 2.62. The molecule has 2 rings (SSSR count). The van der Waals surface area contributed by atoms with Crippen molar-refractivity contribution >= 4 is 17.7 Å². The normalized spacial score (nSPS) is 20.8. The first-order valence-corrected chi connectivity index (χ1v) is 5.13. The van der Waals surface area contributed by atoms with Gasteiger partial charge in [0.25, 0.3) is 0 Å². The molecule has 1 aliphatic rings. The van der Waals surface area contributed by atoms with Crippen molar-refractivity contribution in [2.45, 2.75) is 23.0 Å². The van der Waals surface area contributed by atoms with Crippen molar-refractivity contribution in [3.05, 3.63) is 29.8 Å². The van der Waals surface area contributed by atoms with E-state index >= 15 is 0 Å². The molecule has 2 nitrogen and oxygen atoms in total. The first kappa shape index (κ1) is 8.63. The minimum Gasteiger partial charge on any atom is -0.480 e. The van der Waals surface area contributed by atoms with Crippen molar-refractivity contribution in [2.75, 3.05) is 0 Å². The molecule has 0 aromatic heterocycles. The molecule has 0 bridgehead atoms. The average Bonchev–Trinajstić information content (AvgIpc) is 2.17. The molecule has 1 unspecified atom stereocenters. The summed E-state index contributed by atoms with van der Waals surface area (Å²) in [5, 5.41) is 8.59. The molecule has 1 heterocycles. The van der Waals surface area contributed by atoms with Crippen LogP contribution in [-0.4, -0.2) is 16.3 Å². The third kappa shape index (κ3) is 1.70. The van der Waals surface area contributed by atoms with E-state index in [1.807, 2.05) is 18.2 Å². The van der Waals surface area contributed by atoms with Crippen molar-refractivity contribution in [1.29, 1.82) is 0 Å². The lowest BCUT2D eigenvalue weighted by molar-refractivity contribution is -0.136. The maximum absolute atomic E-state index is 10.7. The molecular formula is C10H10O2S. The van der Waals surface area contributed by atoms with Crippen molar-refractivity contribution < 1.29 is 9.90 Å². The fourth-order valence-electron chi connectivity index (χ4n) is 1.50. The van der Waals surface area contributed by atoms with Gasteiger partial charge < -0.3 is 5.11 Å². The maximum Gasteiger partial charge on any atom is 0.316 e. The number of carboxylic acids is 1. The maximum atomic E-state index is 10.7. The predicted octanol–water partition coefficient (Wildman–Crippen LogP) is 2.18. The first-order chi connectivity index (χ1) is 6.27. The molecular weight excluding hydrogens is 184 g/mol. The van der Waals surface area contributed by atoms with Crippen LogP contribution in [0.3, 0.4) is 0 Å². The van der Waals surface area contributed by atoms with E-state index in [-0.39, 0.29) is 5.25 Å². The zero-order valence-electron chi connectivity index (χ0n) is 7.06. The number of rotatable bonds is 1. The van der Waals surface area contributed by atoms with Crippen LogP contribution in [0.4, 0.5) is 0 Å². The van der Waals surface area contributed by atoms with Gasteiger partial charge in [0.05, 0.1) is 0 Å². The Kier molecular flexibility index (Phi) is 2.27. The second kappa shape index (κ2) is 3.42. The van der Waals surface area contributed by atoms with Gasteiger partial charge in [-0.05, 0) is 24.5 Å². The Morgan fingerprint density at radius 2 is 2.23 bits per heavy atom. The number of thioether (sulfide) groups is 1. The summed E-state index contributed by atoms with van der Waals surface area (Å²) >= 11 is 1.47. The van der Waals surface area contributed by atoms with E-state index in [9.17, 15) is 4.79 Å². The van der Waals surface area contributed by atoms with Gasteiger partial charge in [-0.25, -0.2) is 0 Å². The van der Waals surface area contributed by atoms with Gasteiger partial charge in [-0.15, -0.1) is 11.8 Å². The standard InChI is InChI=1S/C10H10O2S/c11-10(12)9-6-5-7-3-1-2-4-8(7)13-9/h1-4,9H,5-6H2,(H,11,12). The van der Waals surface area contributed by atoms with Crippen LogP contribution in [0, 0.1) is 0 Å². The van der Waals surface area contributed by atoms with Crippen LogP contribution in [0.25, 0.3) is 0 Å². The molecule has 0 amide bonds. The molecule has 0 fully saturated rings. The van der Waals surface area contributed by atoms with Crippen molar-refractivity contribution in [3.63, 3.8) is 0 Å².